The Kier molecular flexibility index (Phi) is 2.54. The van der Waals surface area contributed by atoms with Crippen LogP contribution in [0.1, 0.15) is 45.4 Å². The second-order valence-corrected chi connectivity index (χ2v) is 5.14. The summed E-state index contributed by atoms with van der Waals surface area (Å²) in [6.07, 6.45) is 7.10. The van der Waals surface area contributed by atoms with Crippen molar-refractivity contribution in [2.24, 2.45) is 17.3 Å². The smallest absolute Gasteiger partial charge is 0.312 e. The van der Waals surface area contributed by atoms with Crippen LogP contribution in [0, 0.1) is 17.3 Å². The summed E-state index contributed by atoms with van der Waals surface area (Å²) < 4.78 is 5.00. The summed E-state index contributed by atoms with van der Waals surface area (Å²) in [6, 6.07) is 0. The highest BCUT2D eigenvalue weighted by atomic mass is 16.5. The number of rotatable bonds is 1. The predicted octanol–water partition coefficient (Wildman–Crippen LogP) is 2.77. The van der Waals surface area contributed by atoms with Crippen molar-refractivity contribution in [2.75, 3.05) is 7.11 Å². The van der Waals surface area contributed by atoms with Crippen LogP contribution in [0.2, 0.25) is 0 Å². The van der Waals surface area contributed by atoms with Crippen LogP contribution in [0.25, 0.3) is 0 Å². The third-order valence-electron chi connectivity index (χ3n) is 4.20. The maximum atomic E-state index is 11.9. The molecule has 0 aromatic carbocycles. The van der Waals surface area contributed by atoms with Crippen molar-refractivity contribution in [3.8, 4) is 0 Å². The number of hydrogen-bond donors (Lipinski definition) is 0. The quantitative estimate of drug-likeness (QED) is 0.603. The second kappa shape index (κ2) is 3.56. The molecule has 0 bridgehead atoms. The maximum absolute atomic E-state index is 11.9. The van der Waals surface area contributed by atoms with Gasteiger partial charge in [0.05, 0.1) is 12.5 Å². The molecule has 2 fully saturated rings. The summed E-state index contributed by atoms with van der Waals surface area (Å²) >= 11 is 0. The largest absolute Gasteiger partial charge is 0.469 e. The molecule has 0 spiro atoms. The lowest BCUT2D eigenvalue weighted by Gasteiger charge is -2.36. The normalized spacial score (nSPS) is 41.9. The van der Waals surface area contributed by atoms with Gasteiger partial charge >= 0.3 is 5.97 Å². The molecule has 0 heterocycles. The first kappa shape index (κ1) is 10.0. The van der Waals surface area contributed by atoms with E-state index in [1.807, 2.05) is 0 Å². The van der Waals surface area contributed by atoms with Crippen molar-refractivity contribution in [2.45, 2.75) is 45.4 Å². The van der Waals surface area contributed by atoms with Crippen LogP contribution >= 0.6 is 0 Å². The average molecular weight is 196 g/mol. The van der Waals surface area contributed by atoms with E-state index in [1.165, 1.54) is 32.8 Å². The van der Waals surface area contributed by atoms with E-state index in [0.717, 1.165) is 12.8 Å². The van der Waals surface area contributed by atoms with Gasteiger partial charge in [-0.15, -0.1) is 0 Å². The zero-order valence-electron chi connectivity index (χ0n) is 9.21. The van der Waals surface area contributed by atoms with Crippen LogP contribution in [-0.2, 0) is 9.53 Å². The summed E-state index contributed by atoms with van der Waals surface area (Å²) in [5.74, 6) is 1.38. The van der Waals surface area contributed by atoms with Gasteiger partial charge in [0.1, 0.15) is 0 Å². The summed E-state index contributed by atoms with van der Waals surface area (Å²) in [4.78, 5) is 11.9. The van der Waals surface area contributed by atoms with E-state index >= 15 is 0 Å². The molecule has 0 aliphatic heterocycles. The van der Waals surface area contributed by atoms with Crippen LogP contribution in [0.5, 0.6) is 0 Å². The molecule has 2 aliphatic rings. The number of methoxy groups -OCH3 is 1. The minimum Gasteiger partial charge on any atom is -0.469 e. The molecule has 0 aromatic rings. The van der Waals surface area contributed by atoms with Gasteiger partial charge in [0.2, 0.25) is 0 Å². The van der Waals surface area contributed by atoms with Crippen LogP contribution in [-0.4, -0.2) is 13.1 Å². The maximum Gasteiger partial charge on any atom is 0.312 e. The third kappa shape index (κ3) is 1.35. The van der Waals surface area contributed by atoms with Gasteiger partial charge in [-0.2, -0.15) is 0 Å². The van der Waals surface area contributed by atoms with E-state index < -0.39 is 0 Å². The molecule has 2 aliphatic carbocycles. The molecular formula is C12H20O2. The molecule has 0 radical (unpaired) electrons. The second-order valence-electron chi connectivity index (χ2n) is 5.14. The predicted molar refractivity (Wildman–Crippen MR) is 54.8 cm³/mol. The lowest BCUT2D eigenvalue weighted by atomic mass is 9.68. The summed E-state index contributed by atoms with van der Waals surface area (Å²) in [6.45, 7) is 2.27. The molecule has 14 heavy (non-hydrogen) atoms. The van der Waals surface area contributed by atoms with Gasteiger partial charge in [-0.05, 0) is 37.5 Å². The van der Waals surface area contributed by atoms with E-state index in [-0.39, 0.29) is 11.4 Å². The fourth-order valence-corrected chi connectivity index (χ4v) is 3.67. The van der Waals surface area contributed by atoms with Crippen molar-refractivity contribution >= 4 is 5.97 Å². The molecule has 0 saturated heterocycles. The highest BCUT2D eigenvalue weighted by Crippen LogP contribution is 2.54. The Morgan fingerprint density at radius 3 is 2.93 bits per heavy atom. The molecule has 2 heteroatoms. The molecule has 80 valence electrons. The minimum atomic E-state index is -0.0909. The van der Waals surface area contributed by atoms with Gasteiger partial charge < -0.3 is 4.74 Å². The van der Waals surface area contributed by atoms with Crippen LogP contribution in [0.3, 0.4) is 0 Å². The minimum absolute atomic E-state index is 0.0616. The SMILES string of the molecule is COC(=O)[C@@]12CCCC[C@@H]1C[C@H](C)C2. The van der Waals surface area contributed by atoms with Gasteiger partial charge in [-0.25, -0.2) is 0 Å². The topological polar surface area (TPSA) is 26.3 Å². The molecule has 2 nitrogen and oxygen atoms in total. The first-order chi connectivity index (χ1) is 6.69. The molecule has 0 aromatic heterocycles. The zero-order chi connectivity index (χ0) is 10.2. The van der Waals surface area contributed by atoms with Crippen molar-refractivity contribution < 1.29 is 9.53 Å². The Morgan fingerprint density at radius 1 is 1.43 bits per heavy atom. The molecular weight excluding hydrogens is 176 g/mol. The molecule has 3 atom stereocenters. The van der Waals surface area contributed by atoms with E-state index in [4.69, 9.17) is 4.74 Å². The summed E-state index contributed by atoms with van der Waals surface area (Å²) in [7, 11) is 1.53. The summed E-state index contributed by atoms with van der Waals surface area (Å²) in [5.41, 5.74) is -0.0909. The first-order valence-corrected chi connectivity index (χ1v) is 5.77. The van der Waals surface area contributed by atoms with E-state index in [1.54, 1.807) is 0 Å². The van der Waals surface area contributed by atoms with E-state index in [0.29, 0.717) is 11.8 Å². The van der Waals surface area contributed by atoms with Crippen molar-refractivity contribution in [1.29, 1.82) is 0 Å². The number of esters is 1. The van der Waals surface area contributed by atoms with Crippen LogP contribution < -0.4 is 0 Å². The number of carbonyl (C=O) groups excluding carboxylic acids is 1. The van der Waals surface area contributed by atoms with Gasteiger partial charge in [-0.1, -0.05) is 19.8 Å². The third-order valence-corrected chi connectivity index (χ3v) is 4.20. The first-order valence-electron chi connectivity index (χ1n) is 5.77. The summed E-state index contributed by atoms with van der Waals surface area (Å²) in [5, 5.41) is 0. The monoisotopic (exact) mass is 196 g/mol. The Bertz CT molecular complexity index is 236. The molecule has 2 rings (SSSR count). The Balaban J connectivity index is 2.23. The fraction of sp³-hybridized carbons (Fsp3) is 0.917. The molecule has 2 saturated carbocycles. The van der Waals surface area contributed by atoms with Crippen molar-refractivity contribution in [3.63, 3.8) is 0 Å². The number of ether oxygens (including phenoxy) is 1. The lowest BCUT2D eigenvalue weighted by molar-refractivity contribution is -0.157. The van der Waals surface area contributed by atoms with Gasteiger partial charge in [0, 0.05) is 0 Å². The number of hydrogen-bond acceptors (Lipinski definition) is 2. The number of fused-ring (bicyclic) bond motifs is 1. The Morgan fingerprint density at radius 2 is 2.21 bits per heavy atom. The number of carbonyl (C=O) groups is 1. The van der Waals surface area contributed by atoms with Gasteiger partial charge in [0.25, 0.3) is 0 Å². The van der Waals surface area contributed by atoms with Gasteiger partial charge in [0.15, 0.2) is 0 Å². The molecule has 0 unspecified atom stereocenters. The highest BCUT2D eigenvalue weighted by molar-refractivity contribution is 5.77. The van der Waals surface area contributed by atoms with Crippen molar-refractivity contribution in [1.82, 2.24) is 0 Å². The van der Waals surface area contributed by atoms with Crippen LogP contribution in [0.15, 0.2) is 0 Å². The van der Waals surface area contributed by atoms with E-state index in [9.17, 15) is 4.79 Å². The zero-order valence-corrected chi connectivity index (χ0v) is 9.21. The average Bonchev–Trinajstić information content (AvgIpc) is 2.53. The molecule has 0 amide bonds. The van der Waals surface area contributed by atoms with Crippen LogP contribution in [0.4, 0.5) is 0 Å². The lowest BCUT2D eigenvalue weighted by Crippen LogP contribution is -2.38. The molecule has 0 N–H and O–H groups in total. The Labute approximate surface area is 86.0 Å². The van der Waals surface area contributed by atoms with Crippen molar-refractivity contribution in [3.05, 3.63) is 0 Å². The van der Waals surface area contributed by atoms with E-state index in [2.05, 4.69) is 6.92 Å². The van der Waals surface area contributed by atoms with Gasteiger partial charge in [-0.3, -0.25) is 4.79 Å². The standard InChI is InChI=1S/C12H20O2/c1-9-7-10-5-3-4-6-12(10,8-9)11(13)14-2/h9-10H,3-8H2,1-2H3/t9-,10+,12+/m0/s1. The highest BCUT2D eigenvalue weighted by Gasteiger charge is 2.52. The Hall–Kier alpha value is -0.530. The fourth-order valence-electron chi connectivity index (χ4n) is 3.67.